The van der Waals surface area contributed by atoms with Crippen molar-refractivity contribution in [2.75, 3.05) is 5.32 Å². The second-order valence-corrected chi connectivity index (χ2v) is 4.60. The van der Waals surface area contributed by atoms with Gasteiger partial charge in [0.2, 0.25) is 5.56 Å². The molecule has 100 valence electrons. The first-order valence-corrected chi connectivity index (χ1v) is 6.53. The lowest BCUT2D eigenvalue weighted by molar-refractivity contribution is 0.102. The number of hydrogen-bond acceptors (Lipinski definition) is 6. The number of anilines is 1. The summed E-state index contributed by atoms with van der Waals surface area (Å²) in [5.41, 5.74) is 0.811. The largest absolute Gasteiger partial charge is 0.403 e. The summed E-state index contributed by atoms with van der Waals surface area (Å²) in [5.74, 6) is -0.107. The van der Waals surface area contributed by atoms with Crippen LogP contribution in [0.1, 0.15) is 10.4 Å². The van der Waals surface area contributed by atoms with Gasteiger partial charge >= 0.3 is 6.01 Å². The van der Waals surface area contributed by atoms with Crippen molar-refractivity contribution in [2.24, 2.45) is 0 Å². The average molecular weight is 288 g/mol. The summed E-state index contributed by atoms with van der Waals surface area (Å²) >= 11 is 1.51. The van der Waals surface area contributed by atoms with Gasteiger partial charge in [-0.2, -0.15) is 11.3 Å². The summed E-state index contributed by atoms with van der Waals surface area (Å²) in [5, 5.41) is 13.8. The quantitative estimate of drug-likeness (QED) is 0.764. The normalized spacial score (nSPS) is 10.4. The minimum atomic E-state index is -0.443. The first kappa shape index (κ1) is 12.3. The highest BCUT2D eigenvalue weighted by atomic mass is 32.1. The van der Waals surface area contributed by atoms with Crippen molar-refractivity contribution >= 4 is 23.3 Å². The van der Waals surface area contributed by atoms with Crippen LogP contribution in [0.3, 0.4) is 0 Å². The molecular weight excluding hydrogens is 280 g/mol. The van der Waals surface area contributed by atoms with Crippen molar-refractivity contribution in [3.05, 3.63) is 51.1 Å². The van der Waals surface area contributed by atoms with Crippen LogP contribution in [0, 0.1) is 0 Å². The molecule has 3 rings (SSSR count). The van der Waals surface area contributed by atoms with Crippen LogP contribution in [-0.4, -0.2) is 21.1 Å². The first-order chi connectivity index (χ1) is 9.72. The molecule has 2 N–H and O–H groups in total. The van der Waals surface area contributed by atoms with Crippen LogP contribution in [0.4, 0.5) is 6.01 Å². The lowest BCUT2D eigenvalue weighted by atomic mass is 10.3. The van der Waals surface area contributed by atoms with Gasteiger partial charge in [0.05, 0.1) is 5.56 Å². The number of nitrogens with zero attached hydrogens (tertiary/aromatic N) is 2. The van der Waals surface area contributed by atoms with Crippen molar-refractivity contribution in [2.45, 2.75) is 0 Å². The highest BCUT2D eigenvalue weighted by molar-refractivity contribution is 7.08. The molecule has 0 fully saturated rings. The van der Waals surface area contributed by atoms with Gasteiger partial charge in [-0.3, -0.25) is 14.9 Å². The minimum Gasteiger partial charge on any atom is -0.403 e. The lowest BCUT2D eigenvalue weighted by Crippen LogP contribution is -2.14. The minimum absolute atomic E-state index is 0.00222. The van der Waals surface area contributed by atoms with Crippen LogP contribution in [0.5, 0.6) is 0 Å². The number of hydrogen-bond donors (Lipinski definition) is 2. The van der Waals surface area contributed by atoms with Gasteiger partial charge in [-0.1, -0.05) is 5.10 Å². The fourth-order valence-electron chi connectivity index (χ4n) is 1.50. The molecule has 0 radical (unpaired) electrons. The second kappa shape index (κ2) is 5.10. The maximum absolute atomic E-state index is 11.9. The van der Waals surface area contributed by atoms with Gasteiger partial charge in [0.25, 0.3) is 11.8 Å². The average Bonchev–Trinajstić information content (AvgIpc) is 3.09. The number of amides is 1. The van der Waals surface area contributed by atoms with Gasteiger partial charge < -0.3 is 9.40 Å². The van der Waals surface area contributed by atoms with Crippen LogP contribution in [0.15, 0.2) is 44.4 Å². The number of H-pyrrole nitrogens is 1. The Labute approximate surface area is 116 Å². The number of carbonyl (C=O) groups is 1. The molecule has 0 saturated carbocycles. The Morgan fingerprint density at radius 3 is 2.90 bits per heavy atom. The van der Waals surface area contributed by atoms with Gasteiger partial charge in [-0.25, -0.2) is 0 Å². The van der Waals surface area contributed by atoms with E-state index in [1.807, 2.05) is 16.8 Å². The van der Waals surface area contributed by atoms with E-state index >= 15 is 0 Å². The number of thiophene rings is 1. The van der Waals surface area contributed by atoms with E-state index < -0.39 is 5.91 Å². The Bertz CT molecular complexity index is 771. The molecule has 1 amide bonds. The summed E-state index contributed by atoms with van der Waals surface area (Å²) in [6.07, 6.45) is 1.31. The molecule has 0 atom stereocenters. The van der Waals surface area contributed by atoms with E-state index in [4.69, 9.17) is 4.42 Å². The van der Waals surface area contributed by atoms with E-state index in [0.29, 0.717) is 11.5 Å². The van der Waals surface area contributed by atoms with Crippen molar-refractivity contribution in [1.29, 1.82) is 0 Å². The molecule has 0 aliphatic carbocycles. The molecule has 3 aromatic rings. The molecule has 3 aromatic heterocycles. The van der Waals surface area contributed by atoms with E-state index in [1.54, 1.807) is 0 Å². The van der Waals surface area contributed by atoms with Crippen molar-refractivity contribution in [1.82, 2.24) is 15.2 Å². The van der Waals surface area contributed by atoms with Gasteiger partial charge in [-0.05, 0) is 17.5 Å². The monoisotopic (exact) mass is 288 g/mol. The van der Waals surface area contributed by atoms with E-state index in [2.05, 4.69) is 20.5 Å². The van der Waals surface area contributed by atoms with E-state index in [9.17, 15) is 9.59 Å². The smallest absolute Gasteiger partial charge is 0.322 e. The maximum Gasteiger partial charge on any atom is 0.322 e. The molecule has 0 aromatic carbocycles. The van der Waals surface area contributed by atoms with Crippen molar-refractivity contribution < 1.29 is 9.21 Å². The Kier molecular flexibility index (Phi) is 3.13. The first-order valence-electron chi connectivity index (χ1n) is 5.58. The van der Waals surface area contributed by atoms with Crippen molar-refractivity contribution in [3.63, 3.8) is 0 Å². The van der Waals surface area contributed by atoms with Gasteiger partial charge in [0.1, 0.15) is 0 Å². The number of nitrogens with one attached hydrogen (secondary N) is 2. The van der Waals surface area contributed by atoms with Gasteiger partial charge in [0, 0.05) is 23.2 Å². The zero-order valence-corrected chi connectivity index (χ0v) is 10.8. The Balaban J connectivity index is 1.76. The molecule has 0 aliphatic heterocycles. The Morgan fingerprint density at radius 1 is 1.30 bits per heavy atom. The lowest BCUT2D eigenvalue weighted by Gasteiger charge is -1.98. The number of carbonyl (C=O) groups excluding carboxylic acids is 1. The second-order valence-electron chi connectivity index (χ2n) is 3.82. The third kappa shape index (κ3) is 2.50. The molecule has 0 aliphatic rings. The summed E-state index contributed by atoms with van der Waals surface area (Å²) in [6, 6.07) is 4.51. The van der Waals surface area contributed by atoms with E-state index in [1.165, 1.54) is 29.7 Å². The third-order valence-corrected chi connectivity index (χ3v) is 3.14. The standard InChI is InChI=1S/C12H8N4O3S/c17-9-2-1-7(5-13-9)10(18)14-12-16-15-11(19-12)8-3-4-20-6-8/h1-6H,(H,13,17)(H,14,16,18). The molecule has 0 spiro atoms. The van der Waals surface area contributed by atoms with Crippen molar-refractivity contribution in [3.8, 4) is 11.5 Å². The van der Waals surface area contributed by atoms with Crippen LogP contribution in [0.25, 0.3) is 11.5 Å². The number of rotatable bonds is 3. The van der Waals surface area contributed by atoms with Crippen LogP contribution in [-0.2, 0) is 0 Å². The van der Waals surface area contributed by atoms with Crippen LogP contribution in [0.2, 0.25) is 0 Å². The highest BCUT2D eigenvalue weighted by Gasteiger charge is 2.12. The number of aromatic nitrogens is 3. The SMILES string of the molecule is O=C(Nc1nnc(-c2ccsc2)o1)c1ccc(=O)[nH]c1. The maximum atomic E-state index is 11.9. The number of aromatic amines is 1. The van der Waals surface area contributed by atoms with Crippen LogP contribution >= 0.6 is 11.3 Å². The van der Waals surface area contributed by atoms with E-state index in [-0.39, 0.29) is 11.6 Å². The molecule has 0 bridgehead atoms. The molecule has 8 heteroatoms. The number of pyridine rings is 1. The molecular formula is C12H8N4O3S. The van der Waals surface area contributed by atoms with Gasteiger partial charge in [-0.15, -0.1) is 5.10 Å². The summed E-state index contributed by atoms with van der Waals surface area (Å²) in [4.78, 5) is 25.2. The molecule has 0 saturated heterocycles. The topological polar surface area (TPSA) is 101 Å². The molecule has 7 nitrogen and oxygen atoms in total. The van der Waals surface area contributed by atoms with Gasteiger partial charge in [0.15, 0.2) is 0 Å². The fraction of sp³-hybridized carbons (Fsp3) is 0. The predicted molar refractivity (Wildman–Crippen MR) is 72.6 cm³/mol. The summed E-state index contributed by atoms with van der Waals surface area (Å²) in [6.45, 7) is 0. The zero-order chi connectivity index (χ0) is 13.9. The fourth-order valence-corrected chi connectivity index (χ4v) is 2.13. The molecule has 0 unspecified atom stereocenters. The zero-order valence-electron chi connectivity index (χ0n) is 9.99. The third-order valence-electron chi connectivity index (χ3n) is 2.46. The highest BCUT2D eigenvalue weighted by Crippen LogP contribution is 2.22. The molecule has 3 heterocycles. The summed E-state index contributed by atoms with van der Waals surface area (Å²) < 4.78 is 5.32. The van der Waals surface area contributed by atoms with E-state index in [0.717, 1.165) is 5.56 Å². The predicted octanol–water partition coefficient (Wildman–Crippen LogP) is 1.74. The van der Waals surface area contributed by atoms with Crippen LogP contribution < -0.4 is 10.9 Å². The summed E-state index contributed by atoms with van der Waals surface area (Å²) in [7, 11) is 0. The molecule has 20 heavy (non-hydrogen) atoms. The Morgan fingerprint density at radius 2 is 2.20 bits per heavy atom. The Hall–Kier alpha value is -2.74.